The molecular formula is C22H30ClN5. The number of rotatable bonds is 7. The van der Waals surface area contributed by atoms with Crippen molar-refractivity contribution >= 4 is 23.4 Å². The zero-order chi connectivity index (χ0) is 18.6. The number of aromatic nitrogens is 3. The summed E-state index contributed by atoms with van der Waals surface area (Å²) in [5.74, 6) is 1.32. The molecule has 2 unspecified atom stereocenters. The maximum Gasteiger partial charge on any atom is 0.111 e. The van der Waals surface area contributed by atoms with Gasteiger partial charge in [-0.1, -0.05) is 25.1 Å². The fourth-order valence-electron chi connectivity index (χ4n) is 4.22. The van der Waals surface area contributed by atoms with E-state index in [4.69, 9.17) is 15.7 Å². The predicted octanol–water partition coefficient (Wildman–Crippen LogP) is 4.26. The van der Waals surface area contributed by atoms with Gasteiger partial charge in [0.25, 0.3) is 0 Å². The average Bonchev–Trinajstić information content (AvgIpc) is 3.15. The third-order valence-corrected chi connectivity index (χ3v) is 5.77. The van der Waals surface area contributed by atoms with Crippen molar-refractivity contribution in [3.63, 3.8) is 0 Å². The van der Waals surface area contributed by atoms with Crippen molar-refractivity contribution in [1.29, 1.82) is 0 Å². The summed E-state index contributed by atoms with van der Waals surface area (Å²) < 4.78 is 0. The van der Waals surface area contributed by atoms with Gasteiger partial charge < -0.3 is 16.0 Å². The first kappa shape index (κ1) is 20.8. The van der Waals surface area contributed by atoms with Gasteiger partial charge in [0.1, 0.15) is 5.82 Å². The van der Waals surface area contributed by atoms with Gasteiger partial charge in [0.2, 0.25) is 0 Å². The molecule has 0 bridgehead atoms. The molecule has 2 heterocycles. The Balaban J connectivity index is 0.00000225. The first-order chi connectivity index (χ1) is 13.3. The van der Waals surface area contributed by atoms with Crippen LogP contribution in [0.5, 0.6) is 0 Å². The molecule has 1 aromatic carbocycles. The van der Waals surface area contributed by atoms with E-state index < -0.39 is 0 Å². The second-order valence-corrected chi connectivity index (χ2v) is 7.62. The average molecular weight is 400 g/mol. The van der Waals surface area contributed by atoms with Gasteiger partial charge in [-0.05, 0) is 62.4 Å². The van der Waals surface area contributed by atoms with Crippen molar-refractivity contribution in [1.82, 2.24) is 20.3 Å². The fourth-order valence-corrected chi connectivity index (χ4v) is 4.22. The minimum atomic E-state index is 0. The number of hydrogen-bond acceptors (Lipinski definition) is 4. The van der Waals surface area contributed by atoms with E-state index in [1.165, 1.54) is 17.7 Å². The van der Waals surface area contributed by atoms with Gasteiger partial charge in [0.15, 0.2) is 0 Å². The molecule has 3 aromatic rings. The lowest BCUT2D eigenvalue weighted by molar-refractivity contribution is 0.334. The van der Waals surface area contributed by atoms with Crippen LogP contribution >= 0.6 is 12.4 Å². The predicted molar refractivity (Wildman–Crippen MR) is 117 cm³/mol. The van der Waals surface area contributed by atoms with Gasteiger partial charge in [-0.15, -0.1) is 12.4 Å². The third-order valence-electron chi connectivity index (χ3n) is 5.77. The zero-order valence-electron chi connectivity index (χ0n) is 16.4. The third kappa shape index (κ3) is 4.37. The van der Waals surface area contributed by atoms with Crippen molar-refractivity contribution in [2.24, 2.45) is 5.73 Å². The molecule has 0 aliphatic heterocycles. The van der Waals surface area contributed by atoms with Gasteiger partial charge in [-0.2, -0.15) is 0 Å². The number of nitrogens with one attached hydrogen (secondary N) is 2. The van der Waals surface area contributed by atoms with Crippen LogP contribution in [0.4, 0.5) is 0 Å². The highest BCUT2D eigenvalue weighted by atomic mass is 35.5. The molecule has 4 rings (SSSR count). The Hall–Kier alpha value is -1.95. The Morgan fingerprint density at radius 1 is 1.25 bits per heavy atom. The minimum absolute atomic E-state index is 0. The molecule has 0 spiro atoms. The molecular weight excluding hydrogens is 370 g/mol. The number of aromatic amines is 1. The number of fused-ring (bicyclic) bond motifs is 2. The summed E-state index contributed by atoms with van der Waals surface area (Å²) in [7, 11) is 0. The van der Waals surface area contributed by atoms with Gasteiger partial charge >= 0.3 is 0 Å². The highest BCUT2D eigenvalue weighted by Gasteiger charge is 2.28. The van der Waals surface area contributed by atoms with E-state index in [2.05, 4.69) is 35.4 Å². The summed E-state index contributed by atoms with van der Waals surface area (Å²) in [6, 6.07) is 13.1. The molecule has 1 aliphatic rings. The Kier molecular flexibility index (Phi) is 7.05. The van der Waals surface area contributed by atoms with Crippen LogP contribution in [0.1, 0.15) is 61.6 Å². The molecule has 5 nitrogen and oxygen atoms in total. The maximum absolute atomic E-state index is 5.82. The lowest BCUT2D eigenvalue weighted by Crippen LogP contribution is -2.39. The first-order valence-corrected chi connectivity index (χ1v) is 10.1. The van der Waals surface area contributed by atoms with Crippen molar-refractivity contribution < 1.29 is 0 Å². The SMILES string of the molecule is CC(c1nc2ccccc2[nH]1)C(CCCN)N[C@H]1CCCc2cccnc21.Cl. The number of imidazole rings is 1. The Morgan fingerprint density at radius 3 is 2.93 bits per heavy atom. The molecule has 4 N–H and O–H groups in total. The maximum atomic E-state index is 5.82. The molecule has 3 atom stereocenters. The summed E-state index contributed by atoms with van der Waals surface area (Å²) in [6.07, 6.45) is 7.43. The summed E-state index contributed by atoms with van der Waals surface area (Å²) in [4.78, 5) is 13.0. The van der Waals surface area contributed by atoms with Gasteiger partial charge in [-0.3, -0.25) is 4.98 Å². The van der Waals surface area contributed by atoms with Crippen molar-refractivity contribution in [3.8, 4) is 0 Å². The number of nitrogens with two attached hydrogens (primary N) is 1. The summed E-state index contributed by atoms with van der Waals surface area (Å²) in [6.45, 7) is 2.97. The van der Waals surface area contributed by atoms with Gasteiger partial charge in [-0.25, -0.2) is 4.98 Å². The number of hydrogen-bond donors (Lipinski definition) is 3. The molecule has 150 valence electrons. The van der Waals surface area contributed by atoms with Gasteiger partial charge in [0, 0.05) is 24.2 Å². The molecule has 6 heteroatoms. The largest absolute Gasteiger partial charge is 0.342 e. The van der Waals surface area contributed by atoms with Crippen LogP contribution in [0.3, 0.4) is 0 Å². The molecule has 2 aromatic heterocycles. The summed E-state index contributed by atoms with van der Waals surface area (Å²) >= 11 is 0. The van der Waals surface area contributed by atoms with Crippen LogP contribution in [-0.2, 0) is 6.42 Å². The lowest BCUT2D eigenvalue weighted by atomic mass is 9.89. The van der Waals surface area contributed by atoms with E-state index in [1.54, 1.807) is 0 Å². The van der Waals surface area contributed by atoms with Crippen LogP contribution in [0.2, 0.25) is 0 Å². The minimum Gasteiger partial charge on any atom is -0.342 e. The van der Waals surface area contributed by atoms with Crippen molar-refractivity contribution in [3.05, 3.63) is 59.7 Å². The van der Waals surface area contributed by atoms with Crippen LogP contribution in [0.15, 0.2) is 42.6 Å². The first-order valence-electron chi connectivity index (χ1n) is 10.1. The summed E-state index contributed by atoms with van der Waals surface area (Å²) in [5, 5.41) is 3.91. The number of para-hydroxylation sites is 2. The van der Waals surface area contributed by atoms with E-state index in [1.807, 2.05) is 24.4 Å². The van der Waals surface area contributed by atoms with Gasteiger partial charge in [0.05, 0.1) is 16.7 Å². The highest BCUT2D eigenvalue weighted by molar-refractivity contribution is 5.85. The number of benzene rings is 1. The number of pyridine rings is 1. The summed E-state index contributed by atoms with van der Waals surface area (Å²) in [5.41, 5.74) is 10.6. The van der Waals surface area contributed by atoms with E-state index >= 15 is 0 Å². The van der Waals surface area contributed by atoms with E-state index in [0.717, 1.165) is 42.5 Å². The fraction of sp³-hybridized carbons (Fsp3) is 0.455. The van der Waals surface area contributed by atoms with E-state index in [-0.39, 0.29) is 18.3 Å². The van der Waals surface area contributed by atoms with Crippen LogP contribution < -0.4 is 11.1 Å². The lowest BCUT2D eigenvalue weighted by Gasteiger charge is -2.32. The standard InChI is InChI=1S/C22H29N5.ClH/c1-15(22-26-18-9-2-3-10-19(18)27-22)17(12-5-13-23)25-20-11-4-7-16-8-6-14-24-21(16)20;/h2-3,6,8-10,14-15,17,20,25H,4-5,7,11-13,23H2,1H3,(H,26,27);1H/t15?,17?,20-;/m0./s1. The monoisotopic (exact) mass is 399 g/mol. The number of nitrogens with zero attached hydrogens (tertiary/aromatic N) is 2. The number of H-pyrrole nitrogens is 1. The van der Waals surface area contributed by atoms with Crippen molar-refractivity contribution in [2.45, 2.75) is 57.0 Å². The molecule has 0 saturated carbocycles. The molecule has 0 fully saturated rings. The Morgan fingerprint density at radius 2 is 2.11 bits per heavy atom. The zero-order valence-corrected chi connectivity index (χ0v) is 17.2. The van der Waals surface area contributed by atoms with Crippen LogP contribution in [0, 0.1) is 0 Å². The second-order valence-electron chi connectivity index (χ2n) is 7.62. The second kappa shape index (κ2) is 9.50. The normalized spacial score (nSPS) is 18.3. The topological polar surface area (TPSA) is 79.6 Å². The number of halogens is 1. The molecule has 0 radical (unpaired) electrons. The quantitative estimate of drug-likeness (QED) is 0.554. The smallest absolute Gasteiger partial charge is 0.111 e. The van der Waals surface area contributed by atoms with E-state index in [9.17, 15) is 0 Å². The molecule has 28 heavy (non-hydrogen) atoms. The molecule has 1 aliphatic carbocycles. The Labute approximate surface area is 173 Å². The molecule has 0 amide bonds. The Bertz CT molecular complexity index is 860. The van der Waals surface area contributed by atoms with Crippen LogP contribution in [0.25, 0.3) is 11.0 Å². The van der Waals surface area contributed by atoms with Crippen molar-refractivity contribution in [2.75, 3.05) is 6.54 Å². The highest BCUT2D eigenvalue weighted by Crippen LogP contribution is 2.31. The van der Waals surface area contributed by atoms with E-state index in [0.29, 0.717) is 18.6 Å². The van der Waals surface area contributed by atoms with Crippen LogP contribution in [-0.4, -0.2) is 27.5 Å². The number of aryl methyl sites for hydroxylation is 1. The molecule has 0 saturated heterocycles.